The van der Waals surface area contributed by atoms with Crippen molar-refractivity contribution < 1.29 is 33.3 Å². The number of amides is 1. The van der Waals surface area contributed by atoms with Gasteiger partial charge >= 0.3 is 5.97 Å². The number of nitrogens with one attached hydrogen (secondary N) is 1. The van der Waals surface area contributed by atoms with Crippen LogP contribution in [0.2, 0.25) is 0 Å². The van der Waals surface area contributed by atoms with Crippen LogP contribution < -0.4 is 24.3 Å². The molecule has 0 aliphatic rings. The molecule has 3 aromatic rings. The molecule has 0 saturated carbocycles. The number of carbonyl (C=O) groups excluding carboxylic acids is 2. The van der Waals surface area contributed by atoms with Gasteiger partial charge in [-0.15, -0.1) is 0 Å². The number of methoxy groups -OCH3 is 3. The standard InChI is InChI=1S/C26H25NO7/c1-30-22-15-18(16-23(31-2)26(22)32-3)9-14-25(29)33-17-24(28)27-19-10-12-21(13-11-19)34-20-7-5-4-6-8-20/h4-16H,17H2,1-3H3,(H,27,28). The van der Waals surface area contributed by atoms with Crippen molar-refractivity contribution in [1.82, 2.24) is 0 Å². The van der Waals surface area contributed by atoms with E-state index < -0.39 is 18.5 Å². The van der Waals surface area contributed by atoms with E-state index in [2.05, 4.69) is 5.32 Å². The Kier molecular flexibility index (Phi) is 8.51. The third-order valence-electron chi connectivity index (χ3n) is 4.56. The lowest BCUT2D eigenvalue weighted by atomic mass is 10.1. The molecule has 0 radical (unpaired) electrons. The lowest BCUT2D eigenvalue weighted by molar-refractivity contribution is -0.142. The molecule has 0 saturated heterocycles. The smallest absolute Gasteiger partial charge is 0.331 e. The van der Waals surface area contributed by atoms with Crippen LogP contribution in [0.25, 0.3) is 6.08 Å². The van der Waals surface area contributed by atoms with Gasteiger partial charge in [-0.3, -0.25) is 4.79 Å². The summed E-state index contributed by atoms with van der Waals surface area (Å²) < 4.78 is 26.6. The summed E-state index contributed by atoms with van der Waals surface area (Å²) in [5.74, 6) is 1.56. The second kappa shape index (κ2) is 12.0. The van der Waals surface area contributed by atoms with Gasteiger partial charge in [-0.1, -0.05) is 18.2 Å². The third-order valence-corrected chi connectivity index (χ3v) is 4.56. The number of hydrogen-bond donors (Lipinski definition) is 1. The molecule has 34 heavy (non-hydrogen) atoms. The Balaban J connectivity index is 1.50. The van der Waals surface area contributed by atoms with E-state index in [1.165, 1.54) is 33.5 Å². The molecule has 0 bridgehead atoms. The van der Waals surface area contributed by atoms with Crippen LogP contribution in [0, 0.1) is 0 Å². The van der Waals surface area contributed by atoms with E-state index in [1.807, 2.05) is 30.3 Å². The fourth-order valence-electron chi connectivity index (χ4n) is 2.97. The van der Waals surface area contributed by atoms with Gasteiger partial charge < -0.3 is 29.0 Å². The Morgan fingerprint density at radius 3 is 2.03 bits per heavy atom. The van der Waals surface area contributed by atoms with Crippen molar-refractivity contribution in [3.63, 3.8) is 0 Å². The first-order chi connectivity index (χ1) is 16.5. The van der Waals surface area contributed by atoms with Crippen LogP contribution in [-0.2, 0) is 14.3 Å². The quantitative estimate of drug-likeness (QED) is 0.344. The van der Waals surface area contributed by atoms with Gasteiger partial charge in [0, 0.05) is 11.8 Å². The Labute approximate surface area is 197 Å². The van der Waals surface area contributed by atoms with Crippen LogP contribution in [0.1, 0.15) is 5.56 Å². The lowest BCUT2D eigenvalue weighted by Crippen LogP contribution is -2.20. The predicted molar refractivity (Wildman–Crippen MR) is 128 cm³/mol. The van der Waals surface area contributed by atoms with E-state index in [-0.39, 0.29) is 0 Å². The first-order valence-corrected chi connectivity index (χ1v) is 10.3. The van der Waals surface area contributed by atoms with Crippen LogP contribution in [0.4, 0.5) is 5.69 Å². The van der Waals surface area contributed by atoms with Crippen LogP contribution in [0.3, 0.4) is 0 Å². The number of carbonyl (C=O) groups is 2. The number of benzene rings is 3. The molecular weight excluding hydrogens is 438 g/mol. The molecule has 1 amide bonds. The summed E-state index contributed by atoms with van der Waals surface area (Å²) in [7, 11) is 4.51. The van der Waals surface area contributed by atoms with E-state index in [0.29, 0.717) is 40.0 Å². The summed E-state index contributed by atoms with van der Waals surface area (Å²) in [5.41, 5.74) is 1.18. The number of esters is 1. The van der Waals surface area contributed by atoms with Crippen molar-refractivity contribution >= 4 is 23.6 Å². The van der Waals surface area contributed by atoms with Gasteiger partial charge in [0.05, 0.1) is 21.3 Å². The lowest BCUT2D eigenvalue weighted by Gasteiger charge is -2.12. The summed E-state index contributed by atoms with van der Waals surface area (Å²) >= 11 is 0. The highest BCUT2D eigenvalue weighted by molar-refractivity contribution is 5.94. The molecule has 0 heterocycles. The van der Waals surface area contributed by atoms with Crippen molar-refractivity contribution in [2.45, 2.75) is 0 Å². The monoisotopic (exact) mass is 463 g/mol. The molecule has 1 N–H and O–H groups in total. The molecule has 8 nitrogen and oxygen atoms in total. The van der Waals surface area contributed by atoms with Crippen molar-refractivity contribution in [3.8, 4) is 28.7 Å². The van der Waals surface area contributed by atoms with Gasteiger partial charge in [0.15, 0.2) is 18.1 Å². The van der Waals surface area contributed by atoms with Crippen molar-refractivity contribution in [3.05, 3.63) is 78.4 Å². The first-order valence-electron chi connectivity index (χ1n) is 10.3. The van der Waals surface area contributed by atoms with E-state index in [1.54, 1.807) is 36.4 Å². The maximum atomic E-state index is 12.1. The normalized spacial score (nSPS) is 10.4. The van der Waals surface area contributed by atoms with Gasteiger partial charge in [0.2, 0.25) is 5.75 Å². The molecule has 176 valence electrons. The summed E-state index contributed by atoms with van der Waals surface area (Å²) in [6.45, 7) is -0.430. The highest BCUT2D eigenvalue weighted by Crippen LogP contribution is 2.38. The highest BCUT2D eigenvalue weighted by atomic mass is 16.5. The Morgan fingerprint density at radius 2 is 1.44 bits per heavy atom. The van der Waals surface area contributed by atoms with Gasteiger partial charge in [0.25, 0.3) is 5.91 Å². The molecule has 0 aliphatic carbocycles. The zero-order valence-corrected chi connectivity index (χ0v) is 19.1. The maximum absolute atomic E-state index is 12.1. The number of rotatable bonds is 10. The molecule has 0 atom stereocenters. The molecule has 0 fully saturated rings. The molecule has 0 aliphatic heterocycles. The summed E-state index contributed by atoms with van der Waals surface area (Å²) in [6, 6.07) is 19.6. The maximum Gasteiger partial charge on any atom is 0.331 e. The summed E-state index contributed by atoms with van der Waals surface area (Å²) in [4.78, 5) is 24.1. The fraction of sp³-hybridized carbons (Fsp3) is 0.154. The minimum atomic E-state index is -0.671. The topological polar surface area (TPSA) is 92.3 Å². The average molecular weight is 463 g/mol. The Bertz CT molecular complexity index is 1120. The molecule has 3 aromatic carbocycles. The summed E-state index contributed by atoms with van der Waals surface area (Å²) in [5, 5.41) is 2.66. The zero-order chi connectivity index (χ0) is 24.3. The minimum absolute atomic E-state index is 0.430. The second-order valence-electron chi connectivity index (χ2n) is 6.89. The Hall–Kier alpha value is -4.46. The zero-order valence-electron chi connectivity index (χ0n) is 19.1. The van der Waals surface area contributed by atoms with Crippen LogP contribution in [0.5, 0.6) is 28.7 Å². The number of para-hydroxylation sites is 1. The molecule has 8 heteroatoms. The molecule has 0 aromatic heterocycles. The summed E-state index contributed by atoms with van der Waals surface area (Å²) in [6.07, 6.45) is 2.74. The van der Waals surface area contributed by atoms with E-state index in [0.717, 1.165) is 0 Å². The van der Waals surface area contributed by atoms with Crippen LogP contribution >= 0.6 is 0 Å². The van der Waals surface area contributed by atoms with Crippen molar-refractivity contribution in [1.29, 1.82) is 0 Å². The largest absolute Gasteiger partial charge is 0.493 e. The van der Waals surface area contributed by atoms with Gasteiger partial charge in [-0.25, -0.2) is 4.79 Å². The predicted octanol–water partition coefficient (Wildman–Crippen LogP) is 4.70. The third kappa shape index (κ3) is 6.77. The second-order valence-corrected chi connectivity index (χ2v) is 6.89. The van der Waals surface area contributed by atoms with Crippen molar-refractivity contribution in [2.24, 2.45) is 0 Å². The highest BCUT2D eigenvalue weighted by Gasteiger charge is 2.12. The first kappa shape index (κ1) is 24.2. The molecular formula is C26H25NO7. The van der Waals surface area contributed by atoms with E-state index in [4.69, 9.17) is 23.7 Å². The molecule has 0 spiro atoms. The number of ether oxygens (including phenoxy) is 5. The van der Waals surface area contributed by atoms with Gasteiger partial charge in [-0.05, 0) is 60.2 Å². The molecule has 3 rings (SSSR count). The van der Waals surface area contributed by atoms with Gasteiger partial charge in [0.1, 0.15) is 11.5 Å². The SMILES string of the molecule is COc1cc(C=CC(=O)OCC(=O)Nc2ccc(Oc3ccccc3)cc2)cc(OC)c1OC. The number of anilines is 1. The Morgan fingerprint density at radius 1 is 0.824 bits per heavy atom. The minimum Gasteiger partial charge on any atom is -0.493 e. The van der Waals surface area contributed by atoms with Crippen LogP contribution in [0.15, 0.2) is 72.8 Å². The van der Waals surface area contributed by atoms with Crippen LogP contribution in [-0.4, -0.2) is 39.8 Å². The van der Waals surface area contributed by atoms with Crippen molar-refractivity contribution in [2.75, 3.05) is 33.3 Å². The molecule has 0 unspecified atom stereocenters. The van der Waals surface area contributed by atoms with Gasteiger partial charge in [-0.2, -0.15) is 0 Å². The van der Waals surface area contributed by atoms with E-state index >= 15 is 0 Å². The van der Waals surface area contributed by atoms with E-state index in [9.17, 15) is 9.59 Å². The fourth-order valence-corrected chi connectivity index (χ4v) is 2.97. The number of hydrogen-bond acceptors (Lipinski definition) is 7. The average Bonchev–Trinajstić information content (AvgIpc) is 2.87.